The Labute approximate surface area is 121 Å². The largest absolute Gasteiger partial charge is 0.482 e. The number of amides is 1. The molecule has 1 heterocycles. The molecule has 21 heavy (non-hydrogen) atoms. The van der Waals surface area contributed by atoms with Gasteiger partial charge in [-0.25, -0.2) is 4.79 Å². The number of methoxy groups -OCH3 is 1. The number of esters is 1. The van der Waals surface area contributed by atoms with Crippen LogP contribution < -0.4 is 10.1 Å². The molecular weight excluding hydrogens is 274 g/mol. The van der Waals surface area contributed by atoms with Crippen molar-refractivity contribution in [3.8, 4) is 5.75 Å². The second kappa shape index (κ2) is 6.56. The third-order valence-corrected chi connectivity index (χ3v) is 2.64. The number of benzene rings is 1. The van der Waals surface area contributed by atoms with Gasteiger partial charge in [0.05, 0.1) is 18.9 Å². The molecule has 7 heteroatoms. The summed E-state index contributed by atoms with van der Waals surface area (Å²) in [4.78, 5) is 23.0. The second-order valence-corrected chi connectivity index (χ2v) is 4.25. The Morgan fingerprint density at radius 3 is 2.86 bits per heavy atom. The van der Waals surface area contributed by atoms with Crippen LogP contribution in [0.1, 0.15) is 10.4 Å². The molecule has 0 spiro atoms. The van der Waals surface area contributed by atoms with Crippen molar-refractivity contribution in [2.45, 2.75) is 0 Å². The predicted octanol–water partition coefficient (Wildman–Crippen LogP) is 1.22. The van der Waals surface area contributed by atoms with Gasteiger partial charge in [0.25, 0.3) is 5.91 Å². The van der Waals surface area contributed by atoms with E-state index in [1.165, 1.54) is 13.3 Å². The summed E-state index contributed by atoms with van der Waals surface area (Å²) < 4.78 is 11.3. The lowest BCUT2D eigenvalue weighted by Crippen LogP contribution is -2.13. The van der Waals surface area contributed by atoms with Gasteiger partial charge in [0.2, 0.25) is 0 Å². The fourth-order valence-corrected chi connectivity index (χ4v) is 1.61. The standard InChI is InChI=1S/C14H15N3O4/c1-17-8-10(7-15-17)14(19)16-11-4-3-5-12(6-11)21-9-13(18)20-2/h3-8H,9H2,1-2H3,(H,16,19). The number of nitrogens with one attached hydrogen (secondary N) is 1. The van der Waals surface area contributed by atoms with Gasteiger partial charge in [-0.1, -0.05) is 6.07 Å². The fourth-order valence-electron chi connectivity index (χ4n) is 1.61. The van der Waals surface area contributed by atoms with Crippen LogP contribution in [0.5, 0.6) is 5.75 Å². The quantitative estimate of drug-likeness (QED) is 0.837. The van der Waals surface area contributed by atoms with E-state index in [0.717, 1.165) is 0 Å². The average molecular weight is 289 g/mol. The Hall–Kier alpha value is -2.83. The van der Waals surface area contributed by atoms with E-state index in [9.17, 15) is 9.59 Å². The third kappa shape index (κ3) is 4.07. The normalized spacial score (nSPS) is 10.0. The van der Waals surface area contributed by atoms with Gasteiger partial charge in [-0.15, -0.1) is 0 Å². The average Bonchev–Trinajstić information content (AvgIpc) is 2.92. The Kier molecular flexibility index (Phi) is 4.55. The maximum Gasteiger partial charge on any atom is 0.343 e. The van der Waals surface area contributed by atoms with Crippen molar-refractivity contribution in [3.05, 3.63) is 42.2 Å². The second-order valence-electron chi connectivity index (χ2n) is 4.25. The Balaban J connectivity index is 2.00. The maximum absolute atomic E-state index is 12.0. The summed E-state index contributed by atoms with van der Waals surface area (Å²) >= 11 is 0. The van der Waals surface area contributed by atoms with E-state index in [2.05, 4.69) is 15.2 Å². The van der Waals surface area contributed by atoms with Crippen molar-refractivity contribution in [2.75, 3.05) is 19.0 Å². The molecule has 0 saturated carbocycles. The Bertz CT molecular complexity index is 651. The topological polar surface area (TPSA) is 82.4 Å². The number of ether oxygens (including phenoxy) is 2. The molecule has 0 fully saturated rings. The van der Waals surface area contributed by atoms with E-state index in [1.54, 1.807) is 42.2 Å². The number of anilines is 1. The van der Waals surface area contributed by atoms with E-state index in [-0.39, 0.29) is 12.5 Å². The highest BCUT2D eigenvalue weighted by molar-refractivity contribution is 6.04. The SMILES string of the molecule is COC(=O)COc1cccc(NC(=O)c2cnn(C)c2)c1. The fraction of sp³-hybridized carbons (Fsp3) is 0.214. The van der Waals surface area contributed by atoms with Crippen molar-refractivity contribution < 1.29 is 19.1 Å². The summed E-state index contributed by atoms with van der Waals surface area (Å²) in [6.45, 7) is -0.184. The van der Waals surface area contributed by atoms with Crippen molar-refractivity contribution in [3.63, 3.8) is 0 Å². The van der Waals surface area contributed by atoms with Crippen LogP contribution in [0.3, 0.4) is 0 Å². The summed E-state index contributed by atoms with van der Waals surface area (Å²) in [7, 11) is 3.02. The van der Waals surface area contributed by atoms with Crippen LogP contribution in [0.25, 0.3) is 0 Å². The van der Waals surface area contributed by atoms with Crippen LogP contribution >= 0.6 is 0 Å². The molecule has 0 saturated heterocycles. The zero-order valence-corrected chi connectivity index (χ0v) is 11.7. The molecule has 1 N–H and O–H groups in total. The van der Waals surface area contributed by atoms with E-state index in [0.29, 0.717) is 17.0 Å². The van der Waals surface area contributed by atoms with Crippen LogP contribution in [0, 0.1) is 0 Å². The Morgan fingerprint density at radius 2 is 2.19 bits per heavy atom. The van der Waals surface area contributed by atoms with Crippen LogP contribution in [0.2, 0.25) is 0 Å². The molecule has 2 aromatic rings. The smallest absolute Gasteiger partial charge is 0.343 e. The van der Waals surface area contributed by atoms with Crippen LogP contribution in [0.4, 0.5) is 5.69 Å². The number of hydrogen-bond acceptors (Lipinski definition) is 5. The first-order valence-electron chi connectivity index (χ1n) is 6.18. The van der Waals surface area contributed by atoms with Gasteiger partial charge in [0.15, 0.2) is 6.61 Å². The first-order valence-corrected chi connectivity index (χ1v) is 6.18. The lowest BCUT2D eigenvalue weighted by Gasteiger charge is -2.07. The lowest BCUT2D eigenvalue weighted by atomic mass is 10.2. The van der Waals surface area contributed by atoms with Crippen molar-refractivity contribution in [1.29, 1.82) is 0 Å². The van der Waals surface area contributed by atoms with E-state index in [4.69, 9.17) is 4.74 Å². The molecule has 0 aliphatic heterocycles. The van der Waals surface area contributed by atoms with Crippen molar-refractivity contribution >= 4 is 17.6 Å². The zero-order valence-electron chi connectivity index (χ0n) is 11.7. The summed E-state index contributed by atoms with van der Waals surface area (Å²) in [6, 6.07) is 6.74. The molecule has 0 bridgehead atoms. The molecule has 7 nitrogen and oxygen atoms in total. The number of carbonyl (C=O) groups excluding carboxylic acids is 2. The van der Waals surface area contributed by atoms with Crippen LogP contribution in [-0.4, -0.2) is 35.4 Å². The van der Waals surface area contributed by atoms with Gasteiger partial charge < -0.3 is 14.8 Å². The zero-order chi connectivity index (χ0) is 15.2. The highest BCUT2D eigenvalue weighted by atomic mass is 16.6. The minimum absolute atomic E-state index is 0.184. The minimum atomic E-state index is -0.472. The lowest BCUT2D eigenvalue weighted by molar-refractivity contribution is -0.142. The highest BCUT2D eigenvalue weighted by Crippen LogP contribution is 2.18. The van der Waals surface area contributed by atoms with E-state index in [1.807, 2.05) is 0 Å². The number of rotatable bonds is 5. The van der Waals surface area contributed by atoms with Crippen molar-refractivity contribution in [1.82, 2.24) is 9.78 Å². The van der Waals surface area contributed by atoms with Gasteiger partial charge in [0.1, 0.15) is 5.75 Å². The Morgan fingerprint density at radius 1 is 1.38 bits per heavy atom. The number of aryl methyl sites for hydroxylation is 1. The molecule has 0 aliphatic rings. The number of aromatic nitrogens is 2. The van der Waals surface area contributed by atoms with Gasteiger partial charge in [-0.05, 0) is 12.1 Å². The third-order valence-electron chi connectivity index (χ3n) is 2.64. The highest BCUT2D eigenvalue weighted by Gasteiger charge is 2.09. The maximum atomic E-state index is 12.0. The monoisotopic (exact) mass is 289 g/mol. The number of hydrogen-bond donors (Lipinski definition) is 1. The van der Waals surface area contributed by atoms with Gasteiger partial charge in [-0.3, -0.25) is 9.48 Å². The molecule has 0 unspecified atom stereocenters. The first-order chi connectivity index (χ1) is 10.1. The van der Waals surface area contributed by atoms with E-state index < -0.39 is 5.97 Å². The summed E-state index contributed by atoms with van der Waals surface area (Å²) in [5, 5.41) is 6.66. The minimum Gasteiger partial charge on any atom is -0.482 e. The molecule has 1 aromatic carbocycles. The number of carbonyl (C=O) groups is 2. The summed E-state index contributed by atoms with van der Waals surface area (Å²) in [5.74, 6) is -0.280. The molecule has 0 radical (unpaired) electrons. The van der Waals surface area contributed by atoms with Crippen LogP contribution in [-0.2, 0) is 16.6 Å². The van der Waals surface area contributed by atoms with Gasteiger partial charge >= 0.3 is 5.97 Å². The predicted molar refractivity (Wildman–Crippen MR) is 75.1 cm³/mol. The molecule has 110 valence electrons. The van der Waals surface area contributed by atoms with Crippen LogP contribution in [0.15, 0.2) is 36.7 Å². The van der Waals surface area contributed by atoms with Crippen molar-refractivity contribution in [2.24, 2.45) is 7.05 Å². The summed E-state index contributed by atoms with van der Waals surface area (Å²) in [5.41, 5.74) is 1.02. The first kappa shape index (κ1) is 14.6. The van der Waals surface area contributed by atoms with Gasteiger partial charge in [-0.2, -0.15) is 5.10 Å². The number of nitrogens with zero attached hydrogens (tertiary/aromatic N) is 2. The van der Waals surface area contributed by atoms with E-state index >= 15 is 0 Å². The molecule has 0 atom stereocenters. The summed E-state index contributed by atoms with van der Waals surface area (Å²) in [6.07, 6.45) is 3.10. The molecular formula is C14H15N3O4. The molecule has 0 aliphatic carbocycles. The molecule has 1 amide bonds. The molecule has 2 rings (SSSR count). The molecule has 1 aromatic heterocycles. The van der Waals surface area contributed by atoms with Gasteiger partial charge in [0, 0.05) is 25.0 Å².